The van der Waals surface area contributed by atoms with Crippen molar-refractivity contribution in [3.05, 3.63) is 41.9 Å². The van der Waals surface area contributed by atoms with Crippen LogP contribution in [0.1, 0.15) is 0 Å². The second-order valence-corrected chi connectivity index (χ2v) is 3.91. The second kappa shape index (κ2) is 10.9. The highest BCUT2D eigenvalue weighted by Gasteiger charge is 1.96. The quantitative estimate of drug-likeness (QED) is 0.256. The van der Waals surface area contributed by atoms with Gasteiger partial charge in [-0.15, -0.1) is 30.6 Å². The Morgan fingerprint density at radius 1 is 1.37 bits per heavy atom. The lowest BCUT2D eigenvalue weighted by Gasteiger charge is -2.11. The first-order chi connectivity index (χ1) is 8.76. The van der Waals surface area contributed by atoms with Gasteiger partial charge in [0, 0.05) is 18.6 Å². The molecule has 0 saturated carbocycles. The molecule has 0 atom stereocenters. The maximum atomic E-state index is 5.78. The molecular weight excluding hydrogens is 377 g/mol. The zero-order valence-corrected chi connectivity index (χ0v) is 13.9. The normalized spacial score (nSPS) is 10.3. The Morgan fingerprint density at radius 3 is 2.63 bits per heavy atom. The van der Waals surface area contributed by atoms with Crippen molar-refractivity contribution < 1.29 is 4.74 Å². The third kappa shape index (κ3) is 7.94. The van der Waals surface area contributed by atoms with Crippen molar-refractivity contribution in [3.63, 3.8) is 0 Å². The molecule has 0 aliphatic carbocycles. The van der Waals surface area contributed by atoms with E-state index in [0.717, 1.165) is 11.7 Å². The summed E-state index contributed by atoms with van der Waals surface area (Å²) in [6.45, 7) is 5.53. The van der Waals surface area contributed by atoms with Crippen molar-refractivity contribution in [2.45, 2.75) is 0 Å². The molecule has 1 aromatic rings. The van der Waals surface area contributed by atoms with Crippen LogP contribution in [0.2, 0.25) is 5.02 Å². The third-order valence-electron chi connectivity index (χ3n) is 2.11. The monoisotopic (exact) mass is 395 g/mol. The van der Waals surface area contributed by atoms with E-state index in [2.05, 4.69) is 22.2 Å². The first-order valence-corrected chi connectivity index (χ1v) is 6.08. The molecule has 1 aromatic carbocycles. The van der Waals surface area contributed by atoms with Crippen molar-refractivity contribution in [3.8, 4) is 5.75 Å². The molecule has 0 saturated heterocycles. The van der Waals surface area contributed by atoms with Crippen molar-refractivity contribution in [1.29, 1.82) is 0 Å². The highest BCUT2D eigenvalue weighted by molar-refractivity contribution is 14.0. The standard InChI is InChI=1S/C13H18ClN3O.HI/c1-3-8-16-13(15-2)17-9-10-18-12-6-4-11(14)5-7-12;/h3-7H,1,8-10H2,2H3,(H2,15,16,17);1H. The number of hydrogen-bond acceptors (Lipinski definition) is 2. The fourth-order valence-electron chi connectivity index (χ4n) is 1.26. The average molecular weight is 396 g/mol. The summed E-state index contributed by atoms with van der Waals surface area (Å²) >= 11 is 5.78. The maximum absolute atomic E-state index is 5.78. The topological polar surface area (TPSA) is 45.7 Å². The summed E-state index contributed by atoms with van der Waals surface area (Å²) in [5.74, 6) is 1.53. The van der Waals surface area contributed by atoms with Crippen LogP contribution in [0.5, 0.6) is 5.75 Å². The highest BCUT2D eigenvalue weighted by atomic mass is 127. The Morgan fingerprint density at radius 2 is 2.05 bits per heavy atom. The third-order valence-corrected chi connectivity index (χ3v) is 2.37. The summed E-state index contributed by atoms with van der Waals surface area (Å²) in [4.78, 5) is 4.06. The van der Waals surface area contributed by atoms with Crippen LogP contribution < -0.4 is 15.4 Å². The predicted molar refractivity (Wildman–Crippen MR) is 91.9 cm³/mol. The molecule has 6 heteroatoms. The minimum absolute atomic E-state index is 0. The lowest BCUT2D eigenvalue weighted by atomic mass is 10.3. The Balaban J connectivity index is 0.00000324. The number of benzene rings is 1. The van der Waals surface area contributed by atoms with Gasteiger partial charge in [0.05, 0.1) is 6.54 Å². The Bertz CT molecular complexity index is 395. The summed E-state index contributed by atoms with van der Waals surface area (Å²) in [6, 6.07) is 7.28. The SMILES string of the molecule is C=CCNC(=NC)NCCOc1ccc(Cl)cc1.I. The van der Waals surface area contributed by atoms with Gasteiger partial charge in [-0.1, -0.05) is 17.7 Å². The minimum Gasteiger partial charge on any atom is -0.492 e. The Hall–Kier alpha value is -0.950. The molecule has 2 N–H and O–H groups in total. The summed E-state index contributed by atoms with van der Waals surface area (Å²) in [5.41, 5.74) is 0. The van der Waals surface area contributed by atoms with Gasteiger partial charge < -0.3 is 15.4 Å². The fraction of sp³-hybridized carbons (Fsp3) is 0.308. The van der Waals surface area contributed by atoms with E-state index in [4.69, 9.17) is 16.3 Å². The number of hydrogen-bond donors (Lipinski definition) is 2. The van der Waals surface area contributed by atoms with Crippen LogP contribution in [0.3, 0.4) is 0 Å². The van der Waals surface area contributed by atoms with Gasteiger partial charge in [-0.05, 0) is 24.3 Å². The highest BCUT2D eigenvalue weighted by Crippen LogP contribution is 2.14. The number of guanidine groups is 1. The molecule has 0 fully saturated rings. The van der Waals surface area contributed by atoms with Gasteiger partial charge in [0.25, 0.3) is 0 Å². The summed E-state index contributed by atoms with van der Waals surface area (Å²) in [7, 11) is 1.72. The molecule has 1 rings (SSSR count). The number of halogens is 2. The van der Waals surface area contributed by atoms with Gasteiger partial charge in [-0.3, -0.25) is 4.99 Å². The number of nitrogens with zero attached hydrogens (tertiary/aromatic N) is 1. The van der Waals surface area contributed by atoms with Crippen LogP contribution in [0.4, 0.5) is 0 Å². The number of rotatable bonds is 6. The lowest BCUT2D eigenvalue weighted by Crippen LogP contribution is -2.39. The first-order valence-electron chi connectivity index (χ1n) is 5.70. The second-order valence-electron chi connectivity index (χ2n) is 3.47. The largest absolute Gasteiger partial charge is 0.492 e. The molecule has 4 nitrogen and oxygen atoms in total. The Labute approximate surface area is 136 Å². The smallest absolute Gasteiger partial charge is 0.191 e. The minimum atomic E-state index is 0. The van der Waals surface area contributed by atoms with Gasteiger partial charge in [0.1, 0.15) is 12.4 Å². The van der Waals surface area contributed by atoms with E-state index >= 15 is 0 Å². The molecule has 19 heavy (non-hydrogen) atoms. The van der Waals surface area contributed by atoms with Crippen LogP contribution in [0.25, 0.3) is 0 Å². The van der Waals surface area contributed by atoms with Crippen molar-refractivity contribution >= 4 is 41.5 Å². The van der Waals surface area contributed by atoms with E-state index in [1.165, 1.54) is 0 Å². The molecule has 0 spiro atoms. The van der Waals surface area contributed by atoms with Crippen LogP contribution in [0.15, 0.2) is 41.9 Å². The molecule has 106 valence electrons. The van der Waals surface area contributed by atoms with E-state index < -0.39 is 0 Å². The molecule has 0 aromatic heterocycles. The number of ether oxygens (including phenoxy) is 1. The van der Waals surface area contributed by atoms with Crippen LogP contribution in [-0.2, 0) is 0 Å². The fourth-order valence-corrected chi connectivity index (χ4v) is 1.38. The van der Waals surface area contributed by atoms with Crippen molar-refractivity contribution in [1.82, 2.24) is 10.6 Å². The van der Waals surface area contributed by atoms with Crippen LogP contribution in [0, 0.1) is 0 Å². The zero-order chi connectivity index (χ0) is 13.2. The molecule has 0 bridgehead atoms. The van der Waals surface area contributed by atoms with E-state index in [1.54, 1.807) is 25.3 Å². The maximum Gasteiger partial charge on any atom is 0.191 e. The predicted octanol–water partition coefficient (Wildman–Crippen LogP) is 2.69. The molecule has 0 aliphatic rings. The summed E-state index contributed by atoms with van der Waals surface area (Å²) < 4.78 is 5.54. The van der Waals surface area contributed by atoms with E-state index in [-0.39, 0.29) is 24.0 Å². The summed E-state index contributed by atoms with van der Waals surface area (Å²) in [5, 5.41) is 6.90. The molecule has 0 radical (unpaired) electrons. The van der Waals surface area contributed by atoms with Gasteiger partial charge in [-0.2, -0.15) is 0 Å². The Kier molecular flexibility index (Phi) is 10.4. The van der Waals surface area contributed by atoms with Crippen molar-refractivity contribution in [2.75, 3.05) is 26.7 Å². The molecule has 0 heterocycles. The van der Waals surface area contributed by atoms with Crippen molar-refractivity contribution in [2.24, 2.45) is 4.99 Å². The first kappa shape index (κ1) is 18.0. The zero-order valence-electron chi connectivity index (χ0n) is 10.9. The van der Waals surface area contributed by atoms with E-state index in [0.29, 0.717) is 24.7 Å². The van der Waals surface area contributed by atoms with Gasteiger partial charge in [-0.25, -0.2) is 0 Å². The summed E-state index contributed by atoms with van der Waals surface area (Å²) in [6.07, 6.45) is 1.77. The molecule has 0 unspecified atom stereocenters. The molecular formula is C13H19ClIN3O. The lowest BCUT2D eigenvalue weighted by molar-refractivity contribution is 0.322. The van der Waals surface area contributed by atoms with E-state index in [1.807, 2.05) is 12.1 Å². The molecule has 0 aliphatic heterocycles. The number of nitrogens with one attached hydrogen (secondary N) is 2. The van der Waals surface area contributed by atoms with Crippen LogP contribution in [-0.4, -0.2) is 32.7 Å². The van der Waals surface area contributed by atoms with Gasteiger partial charge in [0.15, 0.2) is 5.96 Å². The average Bonchev–Trinajstić information content (AvgIpc) is 2.40. The van der Waals surface area contributed by atoms with Gasteiger partial charge in [0.2, 0.25) is 0 Å². The molecule has 0 amide bonds. The van der Waals surface area contributed by atoms with Crippen LogP contribution >= 0.6 is 35.6 Å². The van der Waals surface area contributed by atoms with Gasteiger partial charge >= 0.3 is 0 Å². The van der Waals surface area contributed by atoms with E-state index in [9.17, 15) is 0 Å². The number of aliphatic imine (C=N–C) groups is 1.